The summed E-state index contributed by atoms with van der Waals surface area (Å²) in [6.45, 7) is 4.94. The molecule has 4 bridgehead atoms. The third-order valence-corrected chi connectivity index (χ3v) is 5.30. The molecule has 4 aliphatic carbocycles. The van der Waals surface area contributed by atoms with Gasteiger partial charge in [0.15, 0.2) is 0 Å². The molecule has 0 aromatic rings. The third kappa shape index (κ3) is 0.971. The van der Waals surface area contributed by atoms with Crippen molar-refractivity contribution in [2.45, 2.75) is 45.6 Å². The lowest BCUT2D eigenvalue weighted by molar-refractivity contribution is -0.0933. The van der Waals surface area contributed by atoms with Gasteiger partial charge in [-0.1, -0.05) is 13.8 Å². The van der Waals surface area contributed by atoms with Crippen molar-refractivity contribution in [2.75, 3.05) is 0 Å². The second-order valence-electron chi connectivity index (χ2n) is 6.28. The van der Waals surface area contributed by atoms with Gasteiger partial charge in [0.25, 0.3) is 0 Å². The molecule has 0 aromatic heterocycles. The molecule has 13 heavy (non-hydrogen) atoms. The Hall–Kier alpha value is -0.0400. The topological polar surface area (TPSA) is 26.0 Å². The van der Waals surface area contributed by atoms with E-state index in [1.165, 1.54) is 25.7 Å². The molecule has 6 unspecified atom stereocenters. The first-order valence-corrected chi connectivity index (χ1v) is 5.85. The van der Waals surface area contributed by atoms with E-state index in [0.29, 0.717) is 11.5 Å². The lowest BCUT2D eigenvalue weighted by Gasteiger charge is -2.61. The summed E-state index contributed by atoms with van der Waals surface area (Å²) >= 11 is 0. The van der Waals surface area contributed by atoms with E-state index in [0.717, 1.165) is 23.7 Å². The van der Waals surface area contributed by atoms with Crippen LogP contribution in [0.3, 0.4) is 0 Å². The summed E-state index contributed by atoms with van der Waals surface area (Å²) in [7, 11) is 0. The van der Waals surface area contributed by atoms with Crippen molar-refractivity contribution in [1.82, 2.24) is 0 Å². The largest absolute Gasteiger partial charge is 0.327 e. The highest BCUT2D eigenvalue weighted by atomic mass is 14.8. The fourth-order valence-electron chi connectivity index (χ4n) is 4.71. The van der Waals surface area contributed by atoms with Crippen molar-refractivity contribution in [3.8, 4) is 0 Å². The second kappa shape index (κ2) is 2.31. The second-order valence-corrected chi connectivity index (χ2v) is 6.28. The Morgan fingerprint density at radius 3 is 2.62 bits per heavy atom. The summed E-state index contributed by atoms with van der Waals surface area (Å²) in [6, 6.07) is 0.541. The van der Waals surface area contributed by atoms with Crippen LogP contribution >= 0.6 is 0 Å². The maximum atomic E-state index is 6.32. The Morgan fingerprint density at radius 1 is 1.15 bits per heavy atom. The molecule has 4 saturated carbocycles. The highest BCUT2D eigenvalue weighted by Crippen LogP contribution is 2.61. The van der Waals surface area contributed by atoms with E-state index in [1.54, 1.807) is 0 Å². The highest BCUT2D eigenvalue weighted by Gasteiger charge is 2.55. The Labute approximate surface area is 81.1 Å². The predicted octanol–water partition coefficient (Wildman–Crippen LogP) is 2.41. The summed E-state index contributed by atoms with van der Waals surface area (Å²) in [5.41, 5.74) is 7.00. The Balaban J connectivity index is 1.97. The van der Waals surface area contributed by atoms with E-state index in [4.69, 9.17) is 5.73 Å². The molecule has 0 saturated heterocycles. The zero-order valence-electron chi connectivity index (χ0n) is 8.79. The summed E-state index contributed by atoms with van der Waals surface area (Å²) < 4.78 is 0. The Morgan fingerprint density at radius 2 is 1.85 bits per heavy atom. The van der Waals surface area contributed by atoms with Crippen molar-refractivity contribution < 1.29 is 0 Å². The van der Waals surface area contributed by atoms with Crippen LogP contribution < -0.4 is 5.73 Å². The van der Waals surface area contributed by atoms with Crippen LogP contribution in [0.2, 0.25) is 0 Å². The molecule has 0 aliphatic heterocycles. The molecule has 0 amide bonds. The van der Waals surface area contributed by atoms with Gasteiger partial charge in [0.05, 0.1) is 0 Å². The van der Waals surface area contributed by atoms with Crippen LogP contribution in [0.1, 0.15) is 39.5 Å². The Kier molecular flexibility index (Phi) is 1.47. The third-order valence-electron chi connectivity index (χ3n) is 5.30. The van der Waals surface area contributed by atoms with Gasteiger partial charge in [0.2, 0.25) is 0 Å². The monoisotopic (exact) mass is 179 g/mol. The van der Waals surface area contributed by atoms with Gasteiger partial charge in [0, 0.05) is 6.04 Å². The smallest absolute Gasteiger partial charge is 0.00987 e. The SMILES string of the molecule is CC1C2CC3CC(C)(C2)CC1C3N. The maximum absolute atomic E-state index is 6.32. The highest BCUT2D eigenvalue weighted by molar-refractivity contribution is 5.07. The summed E-state index contributed by atoms with van der Waals surface area (Å²) in [6.07, 6.45) is 5.78. The molecule has 0 radical (unpaired) electrons. The number of hydrogen-bond acceptors (Lipinski definition) is 1. The van der Waals surface area contributed by atoms with Crippen LogP contribution in [0.15, 0.2) is 0 Å². The quantitative estimate of drug-likeness (QED) is 0.607. The van der Waals surface area contributed by atoms with Crippen LogP contribution in [0.4, 0.5) is 0 Å². The number of hydrogen-bond donors (Lipinski definition) is 1. The first-order valence-electron chi connectivity index (χ1n) is 5.85. The number of nitrogens with two attached hydrogens (primary N) is 1. The Bertz CT molecular complexity index is 217. The molecule has 0 spiro atoms. The molecule has 4 aliphatic rings. The van der Waals surface area contributed by atoms with E-state index >= 15 is 0 Å². The molecule has 4 rings (SSSR count). The fraction of sp³-hybridized carbons (Fsp3) is 1.00. The average molecular weight is 179 g/mol. The van der Waals surface area contributed by atoms with Gasteiger partial charge in [-0.15, -0.1) is 0 Å². The minimum Gasteiger partial charge on any atom is -0.327 e. The van der Waals surface area contributed by atoms with Gasteiger partial charge < -0.3 is 5.73 Å². The zero-order valence-corrected chi connectivity index (χ0v) is 8.79. The van der Waals surface area contributed by atoms with E-state index in [1.807, 2.05) is 0 Å². The molecule has 6 atom stereocenters. The van der Waals surface area contributed by atoms with E-state index in [-0.39, 0.29) is 0 Å². The molecule has 74 valence electrons. The zero-order chi connectivity index (χ0) is 9.22. The molecule has 0 heterocycles. The molecule has 2 N–H and O–H groups in total. The van der Waals surface area contributed by atoms with Crippen molar-refractivity contribution in [3.63, 3.8) is 0 Å². The van der Waals surface area contributed by atoms with Gasteiger partial charge >= 0.3 is 0 Å². The molecule has 1 heteroatoms. The minimum absolute atomic E-state index is 0.541. The maximum Gasteiger partial charge on any atom is 0.00987 e. The van der Waals surface area contributed by atoms with Gasteiger partial charge in [-0.2, -0.15) is 0 Å². The van der Waals surface area contributed by atoms with Gasteiger partial charge in [-0.25, -0.2) is 0 Å². The average Bonchev–Trinajstić information content (AvgIpc) is 2.07. The van der Waals surface area contributed by atoms with Crippen molar-refractivity contribution in [3.05, 3.63) is 0 Å². The summed E-state index contributed by atoms with van der Waals surface area (Å²) in [5, 5.41) is 0. The predicted molar refractivity (Wildman–Crippen MR) is 54.2 cm³/mol. The van der Waals surface area contributed by atoms with E-state index in [9.17, 15) is 0 Å². The van der Waals surface area contributed by atoms with Gasteiger partial charge in [-0.05, 0) is 54.8 Å². The van der Waals surface area contributed by atoms with Crippen molar-refractivity contribution in [1.29, 1.82) is 0 Å². The van der Waals surface area contributed by atoms with Gasteiger partial charge in [0.1, 0.15) is 0 Å². The lowest BCUT2D eigenvalue weighted by Crippen LogP contribution is -2.59. The molecular weight excluding hydrogens is 158 g/mol. The standard InChI is InChI=1S/C12H21N/c1-7-8-3-9-5-12(2,4-8)6-10(7)11(9)13/h7-11H,3-6,13H2,1-2H3. The molecule has 4 fully saturated rings. The first kappa shape index (κ1) is 8.28. The van der Waals surface area contributed by atoms with Crippen LogP contribution in [0.5, 0.6) is 0 Å². The molecule has 0 aromatic carbocycles. The molecular formula is C12H21N. The first-order chi connectivity index (χ1) is 6.09. The lowest BCUT2D eigenvalue weighted by atomic mass is 9.45. The van der Waals surface area contributed by atoms with Crippen molar-refractivity contribution >= 4 is 0 Å². The van der Waals surface area contributed by atoms with Crippen LogP contribution in [-0.2, 0) is 0 Å². The summed E-state index contributed by atoms with van der Waals surface area (Å²) in [5.74, 6) is 3.66. The van der Waals surface area contributed by atoms with Gasteiger partial charge in [-0.3, -0.25) is 0 Å². The van der Waals surface area contributed by atoms with Crippen LogP contribution in [0, 0.1) is 29.1 Å². The summed E-state index contributed by atoms with van der Waals surface area (Å²) in [4.78, 5) is 0. The number of rotatable bonds is 0. The van der Waals surface area contributed by atoms with Crippen LogP contribution in [-0.4, -0.2) is 6.04 Å². The normalized spacial score (nSPS) is 64.4. The molecule has 1 nitrogen and oxygen atoms in total. The van der Waals surface area contributed by atoms with Crippen molar-refractivity contribution in [2.24, 2.45) is 34.8 Å². The fourth-order valence-corrected chi connectivity index (χ4v) is 4.71. The minimum atomic E-state index is 0.541. The van der Waals surface area contributed by atoms with E-state index in [2.05, 4.69) is 13.8 Å². The van der Waals surface area contributed by atoms with E-state index < -0.39 is 0 Å². The van der Waals surface area contributed by atoms with Crippen LogP contribution in [0.25, 0.3) is 0 Å².